The Morgan fingerprint density at radius 3 is 2.59 bits per heavy atom. The fourth-order valence-electron chi connectivity index (χ4n) is 3.45. The molecule has 1 amide bonds. The minimum absolute atomic E-state index is 0.0369. The summed E-state index contributed by atoms with van der Waals surface area (Å²) in [4.78, 5) is 15.5. The summed E-state index contributed by atoms with van der Waals surface area (Å²) in [6.45, 7) is -2.60. The Morgan fingerprint density at radius 1 is 1.15 bits per heavy atom. The number of amides is 1. The highest BCUT2D eigenvalue weighted by Crippen LogP contribution is 2.39. The van der Waals surface area contributed by atoms with E-state index in [9.17, 15) is 26.7 Å². The number of ether oxygens (including phenoxy) is 1. The molecule has 0 spiro atoms. The first-order chi connectivity index (χ1) is 16.2. The molecule has 2 aromatic heterocycles. The Balaban J connectivity index is 1.71. The first kappa shape index (κ1) is 23.2. The molecule has 7 nitrogen and oxygen atoms in total. The molecule has 0 saturated carbocycles. The zero-order chi connectivity index (χ0) is 24.5. The SMILES string of the molecule is NC(=O)Cn1ccc2c(-c3noc(-c4ccc(OC(CF)CF)c(C(F)(F)F)c4)n3)cccc21. The van der Waals surface area contributed by atoms with Gasteiger partial charge in [0.15, 0.2) is 6.10 Å². The Kier molecular flexibility index (Phi) is 6.22. The van der Waals surface area contributed by atoms with Crippen LogP contribution in [0.2, 0.25) is 0 Å². The van der Waals surface area contributed by atoms with Gasteiger partial charge in [0.1, 0.15) is 25.6 Å². The second kappa shape index (κ2) is 9.12. The van der Waals surface area contributed by atoms with Crippen LogP contribution in [0.4, 0.5) is 22.0 Å². The minimum atomic E-state index is -4.86. The highest BCUT2D eigenvalue weighted by atomic mass is 19.4. The van der Waals surface area contributed by atoms with E-state index in [1.807, 2.05) is 0 Å². The number of halogens is 5. The van der Waals surface area contributed by atoms with E-state index < -0.39 is 42.8 Å². The lowest BCUT2D eigenvalue weighted by molar-refractivity contribution is -0.139. The molecular formula is C22H17F5N4O3. The fourth-order valence-corrected chi connectivity index (χ4v) is 3.45. The summed E-state index contributed by atoms with van der Waals surface area (Å²) in [6.07, 6.45) is -4.85. The smallest absolute Gasteiger partial charge is 0.419 e. The van der Waals surface area contributed by atoms with E-state index in [0.29, 0.717) is 22.5 Å². The fraction of sp³-hybridized carbons (Fsp3) is 0.227. The van der Waals surface area contributed by atoms with Crippen LogP contribution in [0.25, 0.3) is 33.7 Å². The monoisotopic (exact) mass is 480 g/mol. The highest BCUT2D eigenvalue weighted by molar-refractivity contribution is 5.94. The number of fused-ring (bicyclic) bond motifs is 1. The standard InChI is InChI=1S/C22H17F5N4O3/c23-9-13(10-24)33-18-5-4-12(8-16(18)22(25,26)27)21-29-20(30-34-21)15-2-1-3-17-14(15)6-7-31(17)11-19(28)32/h1-8,13H,9-11H2,(H2,28,32). The van der Waals surface area contributed by atoms with E-state index in [4.69, 9.17) is 15.0 Å². The maximum atomic E-state index is 13.6. The van der Waals surface area contributed by atoms with Crippen molar-refractivity contribution < 1.29 is 36.0 Å². The Hall–Kier alpha value is -3.96. The van der Waals surface area contributed by atoms with Crippen molar-refractivity contribution in [2.45, 2.75) is 18.8 Å². The molecule has 0 aliphatic carbocycles. The number of rotatable bonds is 8. The number of hydrogen-bond donors (Lipinski definition) is 1. The second-order valence-electron chi connectivity index (χ2n) is 7.33. The van der Waals surface area contributed by atoms with Gasteiger partial charge in [0.2, 0.25) is 11.7 Å². The molecule has 2 heterocycles. The lowest BCUT2D eigenvalue weighted by Gasteiger charge is -2.18. The predicted octanol–water partition coefficient (Wildman–Crippen LogP) is 4.55. The molecular weight excluding hydrogens is 463 g/mol. The topological polar surface area (TPSA) is 96.2 Å². The van der Waals surface area contributed by atoms with Crippen molar-refractivity contribution in [1.82, 2.24) is 14.7 Å². The van der Waals surface area contributed by atoms with E-state index >= 15 is 0 Å². The molecule has 4 rings (SSSR count). The third-order valence-corrected chi connectivity index (χ3v) is 4.98. The van der Waals surface area contributed by atoms with Crippen LogP contribution < -0.4 is 10.5 Å². The first-order valence-corrected chi connectivity index (χ1v) is 9.91. The Bertz CT molecular complexity index is 1330. The van der Waals surface area contributed by atoms with Crippen molar-refractivity contribution in [3.05, 3.63) is 54.2 Å². The maximum absolute atomic E-state index is 13.6. The lowest BCUT2D eigenvalue weighted by atomic mass is 10.1. The van der Waals surface area contributed by atoms with Crippen molar-refractivity contribution in [2.75, 3.05) is 13.3 Å². The second-order valence-corrected chi connectivity index (χ2v) is 7.33. The number of hydrogen-bond acceptors (Lipinski definition) is 5. The van der Waals surface area contributed by atoms with E-state index in [-0.39, 0.29) is 23.8 Å². The summed E-state index contributed by atoms with van der Waals surface area (Å²) in [7, 11) is 0. The van der Waals surface area contributed by atoms with Gasteiger partial charge in [-0.1, -0.05) is 17.3 Å². The number of primary amides is 1. The van der Waals surface area contributed by atoms with Gasteiger partial charge in [0.25, 0.3) is 5.89 Å². The molecule has 34 heavy (non-hydrogen) atoms. The van der Waals surface area contributed by atoms with Gasteiger partial charge in [-0.15, -0.1) is 0 Å². The molecule has 0 atom stereocenters. The third kappa shape index (κ3) is 4.56. The molecule has 0 saturated heterocycles. The van der Waals surface area contributed by atoms with Gasteiger partial charge in [-0.2, -0.15) is 18.2 Å². The molecule has 2 aromatic carbocycles. The number of nitrogens with zero attached hydrogens (tertiary/aromatic N) is 3. The highest BCUT2D eigenvalue weighted by Gasteiger charge is 2.36. The van der Waals surface area contributed by atoms with Gasteiger partial charge in [-0.3, -0.25) is 4.79 Å². The molecule has 0 aliphatic heterocycles. The van der Waals surface area contributed by atoms with Crippen LogP contribution >= 0.6 is 0 Å². The summed E-state index contributed by atoms with van der Waals surface area (Å²) in [5.74, 6) is -1.33. The van der Waals surface area contributed by atoms with Gasteiger partial charge < -0.3 is 19.6 Å². The zero-order valence-electron chi connectivity index (χ0n) is 17.4. The number of alkyl halides is 5. The minimum Gasteiger partial charge on any atom is -0.484 e. The summed E-state index contributed by atoms with van der Waals surface area (Å²) >= 11 is 0. The molecule has 12 heteroatoms. The van der Waals surface area contributed by atoms with Crippen molar-refractivity contribution >= 4 is 16.8 Å². The van der Waals surface area contributed by atoms with Crippen LogP contribution in [-0.2, 0) is 17.5 Å². The van der Waals surface area contributed by atoms with Crippen LogP contribution in [-0.4, -0.2) is 40.1 Å². The molecule has 4 aromatic rings. The molecule has 2 N–H and O–H groups in total. The lowest BCUT2D eigenvalue weighted by Crippen LogP contribution is -2.23. The molecule has 0 bridgehead atoms. The van der Waals surface area contributed by atoms with Crippen LogP contribution in [0.5, 0.6) is 5.75 Å². The molecule has 0 fully saturated rings. The Morgan fingerprint density at radius 2 is 1.91 bits per heavy atom. The van der Waals surface area contributed by atoms with Gasteiger partial charge in [-0.25, -0.2) is 8.78 Å². The predicted molar refractivity (Wildman–Crippen MR) is 111 cm³/mol. The number of benzene rings is 2. The number of aromatic nitrogens is 3. The van der Waals surface area contributed by atoms with E-state index in [1.165, 1.54) is 6.07 Å². The van der Waals surface area contributed by atoms with Crippen LogP contribution in [0.1, 0.15) is 5.56 Å². The van der Waals surface area contributed by atoms with Crippen molar-refractivity contribution in [3.63, 3.8) is 0 Å². The zero-order valence-corrected chi connectivity index (χ0v) is 17.4. The summed E-state index contributed by atoms with van der Waals surface area (Å²) in [5, 5.41) is 4.55. The molecule has 0 unspecified atom stereocenters. The molecule has 178 valence electrons. The van der Waals surface area contributed by atoms with Crippen molar-refractivity contribution in [2.24, 2.45) is 5.73 Å². The van der Waals surface area contributed by atoms with Crippen LogP contribution in [0.15, 0.2) is 53.2 Å². The molecule has 0 aliphatic rings. The largest absolute Gasteiger partial charge is 0.484 e. The quantitative estimate of drug-likeness (QED) is 0.374. The maximum Gasteiger partial charge on any atom is 0.419 e. The van der Waals surface area contributed by atoms with E-state index in [1.54, 1.807) is 35.0 Å². The number of carbonyl (C=O) groups excluding carboxylic acids is 1. The van der Waals surface area contributed by atoms with Gasteiger partial charge in [-0.05, 0) is 30.3 Å². The van der Waals surface area contributed by atoms with Crippen LogP contribution in [0.3, 0.4) is 0 Å². The number of nitrogens with two attached hydrogens (primary N) is 1. The summed E-state index contributed by atoms with van der Waals surface area (Å²) in [6, 6.07) is 9.76. The Labute approximate surface area is 188 Å². The normalized spacial score (nSPS) is 11.9. The van der Waals surface area contributed by atoms with Gasteiger partial charge in [0.05, 0.1) is 5.56 Å². The van der Waals surface area contributed by atoms with E-state index in [2.05, 4.69) is 10.1 Å². The van der Waals surface area contributed by atoms with Crippen molar-refractivity contribution in [1.29, 1.82) is 0 Å². The summed E-state index contributed by atoms with van der Waals surface area (Å²) in [5.41, 5.74) is 5.17. The number of carbonyl (C=O) groups is 1. The average Bonchev–Trinajstić information content (AvgIpc) is 3.44. The third-order valence-electron chi connectivity index (χ3n) is 4.98. The van der Waals surface area contributed by atoms with Gasteiger partial charge >= 0.3 is 6.18 Å². The first-order valence-electron chi connectivity index (χ1n) is 9.91. The molecule has 0 radical (unpaired) electrons. The van der Waals surface area contributed by atoms with Gasteiger partial charge in [0, 0.05) is 28.2 Å². The summed E-state index contributed by atoms with van der Waals surface area (Å²) < 4.78 is 77.9. The average molecular weight is 480 g/mol. The van der Waals surface area contributed by atoms with E-state index in [0.717, 1.165) is 6.07 Å². The van der Waals surface area contributed by atoms with Crippen molar-refractivity contribution in [3.8, 4) is 28.6 Å². The van der Waals surface area contributed by atoms with Crippen LogP contribution in [0, 0.1) is 0 Å².